The Morgan fingerprint density at radius 2 is 1.27 bits per heavy atom. The second-order valence-corrected chi connectivity index (χ2v) is 11.7. The van der Waals surface area contributed by atoms with Crippen LogP contribution >= 0.6 is 11.8 Å². The molecule has 33 heavy (non-hydrogen) atoms. The third kappa shape index (κ3) is 13.1. The quantitative estimate of drug-likeness (QED) is 0.369. The van der Waals surface area contributed by atoms with Crippen molar-refractivity contribution in [3.05, 3.63) is 0 Å². The molecule has 0 radical (unpaired) electrons. The first-order chi connectivity index (χ1) is 16.1. The molecular formula is C27H51N3O2S. The molecule has 2 aliphatic rings. The van der Waals surface area contributed by atoms with Gasteiger partial charge in [-0.1, -0.05) is 89.9 Å². The summed E-state index contributed by atoms with van der Waals surface area (Å²) >= 11 is 1.62. The molecule has 0 atom stereocenters. The van der Waals surface area contributed by atoms with Gasteiger partial charge in [0.2, 0.25) is 11.8 Å². The monoisotopic (exact) mass is 481 g/mol. The molecule has 2 saturated carbocycles. The summed E-state index contributed by atoms with van der Waals surface area (Å²) in [6.07, 6.45) is 23.3. The van der Waals surface area contributed by atoms with Crippen LogP contribution < -0.4 is 16.4 Å². The van der Waals surface area contributed by atoms with E-state index in [1.165, 1.54) is 89.9 Å². The first-order valence-corrected chi connectivity index (χ1v) is 15.1. The summed E-state index contributed by atoms with van der Waals surface area (Å²) in [5, 5.41) is 6.35. The molecule has 0 saturated heterocycles. The van der Waals surface area contributed by atoms with Gasteiger partial charge in [0.15, 0.2) is 0 Å². The van der Waals surface area contributed by atoms with Crippen LogP contribution in [-0.2, 0) is 9.59 Å². The van der Waals surface area contributed by atoms with Crippen molar-refractivity contribution in [1.29, 1.82) is 0 Å². The Labute approximate surface area is 207 Å². The van der Waals surface area contributed by atoms with Crippen LogP contribution in [0.15, 0.2) is 0 Å². The molecule has 0 aromatic rings. The average Bonchev–Trinajstić information content (AvgIpc) is 2.81. The van der Waals surface area contributed by atoms with Gasteiger partial charge in [-0.3, -0.25) is 9.59 Å². The highest BCUT2D eigenvalue weighted by atomic mass is 32.2. The molecule has 4 N–H and O–H groups in total. The zero-order valence-electron chi connectivity index (χ0n) is 21.1. The van der Waals surface area contributed by atoms with E-state index in [2.05, 4.69) is 10.6 Å². The highest BCUT2D eigenvalue weighted by Crippen LogP contribution is 2.38. The maximum absolute atomic E-state index is 12.5. The van der Waals surface area contributed by atoms with E-state index in [0.717, 1.165) is 31.4 Å². The predicted molar refractivity (Wildman–Crippen MR) is 141 cm³/mol. The molecule has 0 heterocycles. The first kappa shape index (κ1) is 28.5. The number of carbonyl (C=O) groups excluding carboxylic acids is 2. The number of hydrogen-bond donors (Lipinski definition) is 3. The predicted octanol–water partition coefficient (Wildman–Crippen LogP) is 5.70. The SMILES string of the molecule is NCC1(CC(=O)NCCSCC(=O)NC2CCCCCCCCCCCCC2)CCCCC1. The van der Waals surface area contributed by atoms with Gasteiger partial charge in [0.25, 0.3) is 0 Å². The molecule has 2 amide bonds. The van der Waals surface area contributed by atoms with Crippen LogP contribution in [0.25, 0.3) is 0 Å². The standard InChI is InChI=1S/C27H51N3O2S/c28-23-27(17-13-10-14-18-27)21-25(31)29-19-20-33-22-26(32)30-24-15-11-8-6-4-2-1-3-5-7-9-12-16-24/h24H,1-23,28H2,(H,29,31)(H,30,32). The van der Waals surface area contributed by atoms with E-state index in [-0.39, 0.29) is 17.2 Å². The highest BCUT2D eigenvalue weighted by molar-refractivity contribution is 7.99. The van der Waals surface area contributed by atoms with Crippen LogP contribution in [0.5, 0.6) is 0 Å². The van der Waals surface area contributed by atoms with E-state index in [1.54, 1.807) is 11.8 Å². The molecule has 2 aliphatic carbocycles. The second kappa shape index (κ2) is 17.7. The van der Waals surface area contributed by atoms with E-state index in [4.69, 9.17) is 5.73 Å². The molecule has 0 bridgehead atoms. The fourth-order valence-electron chi connectivity index (χ4n) is 5.52. The van der Waals surface area contributed by atoms with Crippen LogP contribution in [0.4, 0.5) is 0 Å². The summed E-state index contributed by atoms with van der Waals surface area (Å²) in [4.78, 5) is 24.9. The zero-order chi connectivity index (χ0) is 23.6. The number of amides is 2. The van der Waals surface area contributed by atoms with Gasteiger partial charge in [-0.05, 0) is 37.6 Å². The van der Waals surface area contributed by atoms with Crippen LogP contribution in [0.3, 0.4) is 0 Å². The third-order valence-electron chi connectivity index (χ3n) is 7.65. The van der Waals surface area contributed by atoms with Crippen LogP contribution in [0.1, 0.15) is 122 Å². The molecule has 2 fully saturated rings. The van der Waals surface area contributed by atoms with Crippen LogP contribution in [0, 0.1) is 5.41 Å². The molecule has 192 valence electrons. The number of hydrogen-bond acceptors (Lipinski definition) is 4. The molecule has 0 aromatic heterocycles. The van der Waals surface area contributed by atoms with Gasteiger partial charge in [-0.15, -0.1) is 0 Å². The molecule has 6 heteroatoms. The van der Waals surface area contributed by atoms with Gasteiger partial charge < -0.3 is 16.4 Å². The van der Waals surface area contributed by atoms with Crippen molar-refractivity contribution >= 4 is 23.6 Å². The van der Waals surface area contributed by atoms with Crippen molar-refractivity contribution in [3.8, 4) is 0 Å². The third-order valence-corrected chi connectivity index (χ3v) is 8.61. The molecular weight excluding hydrogens is 430 g/mol. The molecule has 0 aliphatic heterocycles. The number of nitrogens with two attached hydrogens (primary N) is 1. The van der Waals surface area contributed by atoms with E-state index in [1.807, 2.05) is 0 Å². The van der Waals surface area contributed by atoms with E-state index >= 15 is 0 Å². The van der Waals surface area contributed by atoms with Gasteiger partial charge >= 0.3 is 0 Å². The van der Waals surface area contributed by atoms with Crippen molar-refractivity contribution in [2.75, 3.05) is 24.6 Å². The zero-order valence-corrected chi connectivity index (χ0v) is 22.0. The maximum Gasteiger partial charge on any atom is 0.230 e. The summed E-state index contributed by atoms with van der Waals surface area (Å²) in [5.74, 6) is 1.53. The van der Waals surface area contributed by atoms with Gasteiger partial charge in [0, 0.05) is 24.8 Å². The normalized spacial score (nSPS) is 21.6. The first-order valence-electron chi connectivity index (χ1n) is 14.0. The Balaban J connectivity index is 1.58. The van der Waals surface area contributed by atoms with E-state index in [0.29, 0.717) is 31.3 Å². The Kier molecular flexibility index (Phi) is 15.2. The highest BCUT2D eigenvalue weighted by Gasteiger charge is 2.32. The lowest BCUT2D eigenvalue weighted by atomic mass is 9.72. The van der Waals surface area contributed by atoms with E-state index < -0.39 is 0 Å². The van der Waals surface area contributed by atoms with Crippen molar-refractivity contribution < 1.29 is 9.59 Å². The summed E-state index contributed by atoms with van der Waals surface area (Å²) in [6, 6.07) is 0.337. The molecule has 5 nitrogen and oxygen atoms in total. The average molecular weight is 482 g/mol. The Bertz CT molecular complexity index is 523. The smallest absolute Gasteiger partial charge is 0.230 e. The van der Waals surface area contributed by atoms with Crippen molar-refractivity contribution in [3.63, 3.8) is 0 Å². The lowest BCUT2D eigenvalue weighted by Gasteiger charge is -2.35. The van der Waals surface area contributed by atoms with Crippen LogP contribution in [0.2, 0.25) is 0 Å². The summed E-state index contributed by atoms with van der Waals surface area (Å²) in [5.41, 5.74) is 6.02. The van der Waals surface area contributed by atoms with Crippen LogP contribution in [-0.4, -0.2) is 42.5 Å². The Hall–Kier alpha value is -0.750. The minimum absolute atomic E-state index is 0.0152. The van der Waals surface area contributed by atoms with Crippen molar-refractivity contribution in [2.45, 2.75) is 128 Å². The molecule has 2 rings (SSSR count). The van der Waals surface area contributed by atoms with Gasteiger partial charge in [0.1, 0.15) is 0 Å². The number of thioether (sulfide) groups is 1. The van der Waals surface area contributed by atoms with Gasteiger partial charge in [-0.25, -0.2) is 0 Å². The molecule has 0 aromatic carbocycles. The molecule has 0 unspecified atom stereocenters. The fourth-order valence-corrected chi connectivity index (χ4v) is 6.18. The number of nitrogens with one attached hydrogen (secondary N) is 2. The topological polar surface area (TPSA) is 84.2 Å². The van der Waals surface area contributed by atoms with Gasteiger partial charge in [0.05, 0.1) is 5.75 Å². The Morgan fingerprint density at radius 3 is 1.82 bits per heavy atom. The summed E-state index contributed by atoms with van der Waals surface area (Å²) in [7, 11) is 0. The largest absolute Gasteiger partial charge is 0.355 e. The summed E-state index contributed by atoms with van der Waals surface area (Å²) < 4.78 is 0. The lowest BCUT2D eigenvalue weighted by molar-refractivity contribution is -0.123. The minimum Gasteiger partial charge on any atom is -0.355 e. The Morgan fingerprint density at radius 1 is 0.758 bits per heavy atom. The van der Waals surface area contributed by atoms with E-state index in [9.17, 15) is 9.59 Å². The van der Waals surface area contributed by atoms with Crippen molar-refractivity contribution in [1.82, 2.24) is 10.6 Å². The summed E-state index contributed by atoms with van der Waals surface area (Å²) in [6.45, 7) is 1.23. The number of rotatable bonds is 9. The molecule has 0 spiro atoms. The minimum atomic E-state index is 0.0152. The maximum atomic E-state index is 12.5. The van der Waals surface area contributed by atoms with Crippen molar-refractivity contribution in [2.24, 2.45) is 11.1 Å². The van der Waals surface area contributed by atoms with Gasteiger partial charge in [-0.2, -0.15) is 11.8 Å². The second-order valence-electron chi connectivity index (χ2n) is 10.6. The lowest BCUT2D eigenvalue weighted by Crippen LogP contribution is -2.39. The fraction of sp³-hybridized carbons (Fsp3) is 0.926. The number of carbonyl (C=O) groups is 2.